The van der Waals surface area contributed by atoms with Crippen molar-refractivity contribution in [2.24, 2.45) is 0 Å². The number of para-hydroxylation sites is 2. The molecule has 1 atom stereocenters. The van der Waals surface area contributed by atoms with Crippen LogP contribution in [0.4, 0.5) is 0 Å². The topological polar surface area (TPSA) is 71.6 Å². The number of carbonyl (C=O) groups is 1. The van der Waals surface area contributed by atoms with E-state index in [9.17, 15) is 10.1 Å². The first kappa shape index (κ1) is 16.7. The standard InChI is InChI=1S/C17H16N4OS2/c1-3-21-14-7-5-4-6-13(14)20-17(21)24-10-15(22)12(8-18)16-19-11(2)9-23-16/h4-7,9,12H,3,10H2,1-2H3/t12-/m0/s1. The summed E-state index contributed by atoms with van der Waals surface area (Å²) < 4.78 is 2.09. The van der Waals surface area contributed by atoms with Gasteiger partial charge in [-0.25, -0.2) is 9.97 Å². The minimum atomic E-state index is -0.796. The highest BCUT2D eigenvalue weighted by molar-refractivity contribution is 7.99. The predicted molar refractivity (Wildman–Crippen MR) is 96.3 cm³/mol. The number of benzene rings is 1. The number of Topliss-reactive ketones (excluding diaryl/α,β-unsaturated/α-hetero) is 1. The molecule has 0 amide bonds. The zero-order chi connectivity index (χ0) is 17.1. The van der Waals surface area contributed by atoms with Crippen LogP contribution in [0.2, 0.25) is 0 Å². The van der Waals surface area contributed by atoms with Crippen LogP contribution in [0.5, 0.6) is 0 Å². The van der Waals surface area contributed by atoms with E-state index < -0.39 is 5.92 Å². The van der Waals surface area contributed by atoms with Gasteiger partial charge in [0.1, 0.15) is 5.01 Å². The fourth-order valence-electron chi connectivity index (χ4n) is 2.46. The molecule has 0 N–H and O–H groups in total. The van der Waals surface area contributed by atoms with E-state index in [0.29, 0.717) is 5.01 Å². The Morgan fingerprint density at radius 2 is 2.21 bits per heavy atom. The van der Waals surface area contributed by atoms with Gasteiger partial charge in [-0.2, -0.15) is 5.26 Å². The van der Waals surface area contributed by atoms with Crippen molar-refractivity contribution in [3.8, 4) is 6.07 Å². The second-order valence-electron chi connectivity index (χ2n) is 5.27. The lowest BCUT2D eigenvalue weighted by atomic mass is 10.1. The third-order valence-electron chi connectivity index (χ3n) is 3.61. The van der Waals surface area contributed by atoms with Crippen molar-refractivity contribution in [3.05, 3.63) is 40.3 Å². The lowest BCUT2D eigenvalue weighted by Crippen LogP contribution is -2.13. The van der Waals surface area contributed by atoms with Gasteiger partial charge in [-0.1, -0.05) is 23.9 Å². The van der Waals surface area contributed by atoms with Gasteiger partial charge in [0.15, 0.2) is 16.9 Å². The van der Waals surface area contributed by atoms with Gasteiger partial charge in [-0.05, 0) is 26.0 Å². The van der Waals surface area contributed by atoms with E-state index >= 15 is 0 Å². The van der Waals surface area contributed by atoms with Crippen LogP contribution in [0.25, 0.3) is 11.0 Å². The van der Waals surface area contributed by atoms with Crippen molar-refractivity contribution in [1.29, 1.82) is 5.26 Å². The van der Waals surface area contributed by atoms with Crippen molar-refractivity contribution in [2.45, 2.75) is 31.5 Å². The molecular weight excluding hydrogens is 340 g/mol. The number of ketones is 1. The highest BCUT2D eigenvalue weighted by Gasteiger charge is 2.24. The molecular formula is C17H16N4OS2. The molecule has 3 rings (SSSR count). The number of rotatable bonds is 6. The second kappa shape index (κ2) is 7.16. The highest BCUT2D eigenvalue weighted by Crippen LogP contribution is 2.27. The Labute approximate surface area is 148 Å². The fraction of sp³-hybridized carbons (Fsp3) is 0.294. The fourth-order valence-corrected chi connectivity index (χ4v) is 4.30. The minimum absolute atomic E-state index is 0.133. The van der Waals surface area contributed by atoms with Crippen LogP contribution in [0.15, 0.2) is 34.8 Å². The van der Waals surface area contributed by atoms with Crippen molar-refractivity contribution in [3.63, 3.8) is 0 Å². The van der Waals surface area contributed by atoms with Gasteiger partial charge in [-0.15, -0.1) is 11.3 Å². The summed E-state index contributed by atoms with van der Waals surface area (Å²) >= 11 is 2.74. The number of hydrogen-bond donors (Lipinski definition) is 0. The smallest absolute Gasteiger partial charge is 0.169 e. The maximum Gasteiger partial charge on any atom is 0.169 e. The zero-order valence-corrected chi connectivity index (χ0v) is 15.0. The molecule has 1 aromatic carbocycles. The monoisotopic (exact) mass is 356 g/mol. The van der Waals surface area contributed by atoms with Crippen LogP contribution < -0.4 is 0 Å². The molecule has 0 fully saturated rings. The number of thioether (sulfide) groups is 1. The second-order valence-corrected chi connectivity index (χ2v) is 7.10. The number of aryl methyl sites for hydroxylation is 2. The van der Waals surface area contributed by atoms with Crippen LogP contribution in [0.3, 0.4) is 0 Å². The van der Waals surface area contributed by atoms with E-state index in [1.165, 1.54) is 23.1 Å². The molecule has 2 heterocycles. The summed E-state index contributed by atoms with van der Waals surface area (Å²) in [5.74, 6) is -0.720. The summed E-state index contributed by atoms with van der Waals surface area (Å²) in [7, 11) is 0. The highest BCUT2D eigenvalue weighted by atomic mass is 32.2. The van der Waals surface area contributed by atoms with Crippen LogP contribution in [-0.2, 0) is 11.3 Å². The molecule has 0 unspecified atom stereocenters. The summed E-state index contributed by atoms with van der Waals surface area (Å²) in [6, 6.07) is 9.99. The summed E-state index contributed by atoms with van der Waals surface area (Å²) in [5, 5.41) is 12.6. The van der Waals surface area contributed by atoms with E-state index in [0.717, 1.165) is 28.4 Å². The van der Waals surface area contributed by atoms with Crippen molar-refractivity contribution in [1.82, 2.24) is 14.5 Å². The van der Waals surface area contributed by atoms with Gasteiger partial charge in [0.05, 0.1) is 22.9 Å². The molecule has 0 saturated carbocycles. The van der Waals surface area contributed by atoms with Gasteiger partial charge < -0.3 is 4.57 Å². The third kappa shape index (κ3) is 3.21. The molecule has 0 saturated heterocycles. The average Bonchev–Trinajstić information content (AvgIpc) is 3.16. The normalized spacial score (nSPS) is 12.2. The van der Waals surface area contributed by atoms with Gasteiger partial charge >= 0.3 is 0 Å². The molecule has 122 valence electrons. The number of imidazole rings is 1. The Balaban J connectivity index is 1.78. The van der Waals surface area contributed by atoms with E-state index in [4.69, 9.17) is 0 Å². The molecule has 24 heavy (non-hydrogen) atoms. The molecule has 0 aliphatic rings. The first-order valence-electron chi connectivity index (χ1n) is 7.56. The van der Waals surface area contributed by atoms with Crippen LogP contribution in [-0.4, -0.2) is 26.1 Å². The predicted octanol–water partition coefficient (Wildman–Crippen LogP) is 3.79. The largest absolute Gasteiger partial charge is 0.319 e. The lowest BCUT2D eigenvalue weighted by molar-refractivity contribution is -0.116. The molecule has 3 aromatic rings. The first-order chi connectivity index (χ1) is 11.6. The van der Waals surface area contributed by atoms with Crippen molar-refractivity contribution >= 4 is 39.9 Å². The number of nitrogens with zero attached hydrogens (tertiary/aromatic N) is 4. The maximum atomic E-state index is 12.5. The summed E-state index contributed by atoms with van der Waals surface area (Å²) in [6.45, 7) is 4.69. The quantitative estimate of drug-likeness (QED) is 0.628. The number of aromatic nitrogens is 3. The summed E-state index contributed by atoms with van der Waals surface area (Å²) in [5.41, 5.74) is 2.81. The van der Waals surface area contributed by atoms with E-state index in [1.54, 1.807) is 0 Å². The van der Waals surface area contributed by atoms with Crippen molar-refractivity contribution in [2.75, 3.05) is 5.75 Å². The molecule has 0 radical (unpaired) electrons. The van der Waals surface area contributed by atoms with Gasteiger partial charge in [0.2, 0.25) is 0 Å². The SMILES string of the molecule is CCn1c(SCC(=O)[C@H](C#N)c2nc(C)cs2)nc2ccccc21. The Bertz CT molecular complexity index is 922. The van der Waals surface area contributed by atoms with Crippen LogP contribution in [0, 0.1) is 18.3 Å². The molecule has 5 nitrogen and oxygen atoms in total. The lowest BCUT2D eigenvalue weighted by Gasteiger charge is -2.07. The number of fused-ring (bicyclic) bond motifs is 1. The Hall–Kier alpha value is -2.17. The Kier molecular flexibility index (Phi) is 4.97. The average molecular weight is 356 g/mol. The number of carbonyl (C=O) groups excluding carboxylic acids is 1. The van der Waals surface area contributed by atoms with Gasteiger partial charge in [0.25, 0.3) is 0 Å². The van der Waals surface area contributed by atoms with Gasteiger partial charge in [-0.3, -0.25) is 4.79 Å². The third-order valence-corrected chi connectivity index (χ3v) is 5.64. The Morgan fingerprint density at radius 1 is 1.42 bits per heavy atom. The first-order valence-corrected chi connectivity index (χ1v) is 9.43. The molecule has 0 spiro atoms. The molecule has 0 aliphatic carbocycles. The minimum Gasteiger partial charge on any atom is -0.319 e. The van der Waals surface area contributed by atoms with E-state index in [-0.39, 0.29) is 11.5 Å². The van der Waals surface area contributed by atoms with E-state index in [1.807, 2.05) is 36.6 Å². The Morgan fingerprint density at radius 3 is 2.88 bits per heavy atom. The van der Waals surface area contributed by atoms with Gasteiger partial charge in [0, 0.05) is 17.6 Å². The molecule has 7 heteroatoms. The number of hydrogen-bond acceptors (Lipinski definition) is 6. The van der Waals surface area contributed by atoms with Crippen molar-refractivity contribution < 1.29 is 4.79 Å². The number of thiazole rings is 1. The summed E-state index contributed by atoms with van der Waals surface area (Å²) in [4.78, 5) is 21.3. The maximum absolute atomic E-state index is 12.5. The molecule has 0 bridgehead atoms. The van der Waals surface area contributed by atoms with Crippen LogP contribution in [0.1, 0.15) is 23.5 Å². The number of nitriles is 1. The zero-order valence-electron chi connectivity index (χ0n) is 13.4. The molecule has 2 aromatic heterocycles. The molecule has 0 aliphatic heterocycles. The summed E-state index contributed by atoms with van der Waals surface area (Å²) in [6.07, 6.45) is 0. The van der Waals surface area contributed by atoms with E-state index in [2.05, 4.69) is 27.5 Å². The van der Waals surface area contributed by atoms with Crippen LogP contribution >= 0.6 is 23.1 Å².